The Kier molecular flexibility index (Phi) is 3.60. The predicted molar refractivity (Wildman–Crippen MR) is 72.9 cm³/mol. The summed E-state index contributed by atoms with van der Waals surface area (Å²) in [5.41, 5.74) is 8.28. The summed E-state index contributed by atoms with van der Waals surface area (Å²) in [6.45, 7) is 0.657. The van der Waals surface area contributed by atoms with Gasteiger partial charge in [-0.25, -0.2) is 0 Å². The average Bonchev–Trinajstić information content (AvgIpc) is 2.93. The van der Waals surface area contributed by atoms with Crippen molar-refractivity contribution in [3.8, 4) is 0 Å². The molecule has 0 amide bonds. The molecule has 1 aliphatic carbocycles. The normalized spacial score (nSPS) is 18.3. The number of benzene rings is 1. The van der Waals surface area contributed by atoms with Gasteiger partial charge in [-0.3, -0.25) is 0 Å². The molecule has 0 bridgehead atoms. The van der Waals surface area contributed by atoms with Crippen LogP contribution in [0.5, 0.6) is 0 Å². The van der Waals surface area contributed by atoms with Crippen LogP contribution in [-0.4, -0.2) is 16.7 Å². The quantitative estimate of drug-likeness (QED) is 0.913. The fraction of sp³-hybridized carbons (Fsp3) is 0.467. The van der Waals surface area contributed by atoms with Gasteiger partial charge in [0.05, 0.1) is 0 Å². The molecule has 0 saturated heterocycles. The van der Waals surface area contributed by atoms with Crippen molar-refractivity contribution in [2.75, 3.05) is 6.54 Å². The molecule has 0 fully saturated rings. The van der Waals surface area contributed by atoms with Crippen molar-refractivity contribution < 1.29 is 4.52 Å². The van der Waals surface area contributed by atoms with E-state index in [0.29, 0.717) is 18.4 Å². The molecule has 2 aromatic rings. The molecule has 1 atom stereocenters. The molecule has 0 saturated carbocycles. The summed E-state index contributed by atoms with van der Waals surface area (Å²) in [6, 6.07) is 8.59. The maximum atomic E-state index is 5.50. The van der Waals surface area contributed by atoms with E-state index in [2.05, 4.69) is 34.4 Å². The molecular weight excluding hydrogens is 238 g/mol. The number of rotatable bonds is 4. The standard InChI is InChI=1S/C15H19N3O/c16-10-4-9-14-17-15(18-19-14)13-8-3-6-11-5-1-2-7-12(11)13/h1-2,5,7,13H,3-4,6,8-10,16H2. The highest BCUT2D eigenvalue weighted by atomic mass is 16.5. The van der Waals surface area contributed by atoms with Gasteiger partial charge < -0.3 is 10.3 Å². The van der Waals surface area contributed by atoms with Gasteiger partial charge in [-0.2, -0.15) is 4.98 Å². The molecule has 1 unspecified atom stereocenters. The zero-order chi connectivity index (χ0) is 13.1. The predicted octanol–water partition coefficient (Wildman–Crippen LogP) is 2.43. The summed E-state index contributed by atoms with van der Waals surface area (Å²) >= 11 is 0. The van der Waals surface area contributed by atoms with E-state index >= 15 is 0 Å². The summed E-state index contributed by atoms with van der Waals surface area (Å²) in [6.07, 6.45) is 5.12. The largest absolute Gasteiger partial charge is 0.339 e. The fourth-order valence-electron chi connectivity index (χ4n) is 2.79. The second kappa shape index (κ2) is 5.53. The first-order valence-electron chi connectivity index (χ1n) is 6.99. The van der Waals surface area contributed by atoms with Gasteiger partial charge in [0.2, 0.25) is 5.89 Å². The first kappa shape index (κ1) is 12.4. The minimum Gasteiger partial charge on any atom is -0.339 e. The van der Waals surface area contributed by atoms with Crippen LogP contribution in [0.4, 0.5) is 0 Å². The summed E-state index contributed by atoms with van der Waals surface area (Å²) in [4.78, 5) is 4.54. The fourth-order valence-corrected chi connectivity index (χ4v) is 2.79. The number of fused-ring (bicyclic) bond motifs is 1. The van der Waals surface area contributed by atoms with E-state index in [-0.39, 0.29) is 0 Å². The smallest absolute Gasteiger partial charge is 0.226 e. The Hall–Kier alpha value is -1.68. The van der Waals surface area contributed by atoms with Gasteiger partial charge >= 0.3 is 0 Å². The van der Waals surface area contributed by atoms with E-state index in [4.69, 9.17) is 10.3 Å². The number of nitrogens with two attached hydrogens (primary N) is 1. The first-order chi connectivity index (χ1) is 9.38. The van der Waals surface area contributed by atoms with Gasteiger partial charge in [0.15, 0.2) is 5.82 Å². The lowest BCUT2D eigenvalue weighted by atomic mass is 9.82. The maximum Gasteiger partial charge on any atom is 0.226 e. The van der Waals surface area contributed by atoms with Crippen LogP contribution in [-0.2, 0) is 12.8 Å². The van der Waals surface area contributed by atoms with Gasteiger partial charge in [-0.15, -0.1) is 0 Å². The van der Waals surface area contributed by atoms with Gasteiger partial charge in [-0.05, 0) is 43.4 Å². The molecule has 0 aliphatic heterocycles. The topological polar surface area (TPSA) is 64.9 Å². The lowest BCUT2D eigenvalue weighted by Crippen LogP contribution is -2.12. The Bertz CT molecular complexity index is 550. The van der Waals surface area contributed by atoms with E-state index in [0.717, 1.165) is 31.5 Å². The zero-order valence-electron chi connectivity index (χ0n) is 11.0. The van der Waals surface area contributed by atoms with E-state index < -0.39 is 0 Å². The SMILES string of the molecule is NCCCc1nc(C2CCCc3ccccc32)no1. The van der Waals surface area contributed by atoms with Crippen molar-refractivity contribution in [2.24, 2.45) is 5.73 Å². The van der Waals surface area contributed by atoms with E-state index in [9.17, 15) is 0 Å². The van der Waals surface area contributed by atoms with E-state index in [1.807, 2.05) is 0 Å². The Morgan fingerprint density at radius 3 is 3.11 bits per heavy atom. The Balaban J connectivity index is 1.85. The first-order valence-corrected chi connectivity index (χ1v) is 6.99. The molecule has 1 aliphatic rings. The average molecular weight is 257 g/mol. The molecule has 4 heteroatoms. The second-order valence-corrected chi connectivity index (χ2v) is 5.08. The highest BCUT2D eigenvalue weighted by Gasteiger charge is 2.25. The highest BCUT2D eigenvalue weighted by Crippen LogP contribution is 2.35. The Labute approximate surface area is 113 Å². The monoisotopic (exact) mass is 257 g/mol. The number of aromatic nitrogens is 2. The molecule has 19 heavy (non-hydrogen) atoms. The lowest BCUT2D eigenvalue weighted by molar-refractivity contribution is 0.367. The van der Waals surface area contributed by atoms with Crippen molar-refractivity contribution in [1.29, 1.82) is 0 Å². The number of nitrogens with zero attached hydrogens (tertiary/aromatic N) is 2. The zero-order valence-corrected chi connectivity index (χ0v) is 11.0. The van der Waals surface area contributed by atoms with Crippen LogP contribution >= 0.6 is 0 Å². The molecule has 100 valence electrons. The van der Waals surface area contributed by atoms with E-state index in [1.165, 1.54) is 17.5 Å². The molecule has 2 N–H and O–H groups in total. The molecule has 0 radical (unpaired) electrons. The third kappa shape index (κ3) is 2.54. The van der Waals surface area contributed by atoms with E-state index in [1.54, 1.807) is 0 Å². The lowest BCUT2D eigenvalue weighted by Gasteiger charge is -2.22. The number of aryl methyl sites for hydroxylation is 2. The van der Waals surface area contributed by atoms with Crippen LogP contribution in [0, 0.1) is 0 Å². The van der Waals surface area contributed by atoms with Crippen LogP contribution in [0.1, 0.15) is 48.0 Å². The summed E-state index contributed by atoms with van der Waals surface area (Å²) in [7, 11) is 0. The summed E-state index contributed by atoms with van der Waals surface area (Å²) < 4.78 is 5.32. The minimum absolute atomic E-state index is 0.292. The third-order valence-corrected chi connectivity index (χ3v) is 3.76. The molecule has 0 spiro atoms. The molecular formula is C15H19N3O. The summed E-state index contributed by atoms with van der Waals surface area (Å²) in [5.74, 6) is 1.84. The van der Waals surface area contributed by atoms with Gasteiger partial charge in [0.1, 0.15) is 0 Å². The van der Waals surface area contributed by atoms with Crippen molar-refractivity contribution >= 4 is 0 Å². The second-order valence-electron chi connectivity index (χ2n) is 5.08. The van der Waals surface area contributed by atoms with Gasteiger partial charge in [0, 0.05) is 12.3 Å². The molecule has 1 heterocycles. The van der Waals surface area contributed by atoms with Crippen LogP contribution in [0.25, 0.3) is 0 Å². The van der Waals surface area contributed by atoms with Gasteiger partial charge in [-0.1, -0.05) is 29.4 Å². The Morgan fingerprint density at radius 1 is 1.32 bits per heavy atom. The maximum absolute atomic E-state index is 5.50. The van der Waals surface area contributed by atoms with Crippen molar-refractivity contribution in [1.82, 2.24) is 10.1 Å². The van der Waals surface area contributed by atoms with Crippen molar-refractivity contribution in [3.63, 3.8) is 0 Å². The van der Waals surface area contributed by atoms with Crippen LogP contribution in [0.15, 0.2) is 28.8 Å². The number of hydrogen-bond donors (Lipinski definition) is 1. The Morgan fingerprint density at radius 2 is 2.21 bits per heavy atom. The number of hydrogen-bond acceptors (Lipinski definition) is 4. The highest BCUT2D eigenvalue weighted by molar-refractivity contribution is 5.36. The van der Waals surface area contributed by atoms with Crippen LogP contribution in [0.2, 0.25) is 0 Å². The van der Waals surface area contributed by atoms with Gasteiger partial charge in [0.25, 0.3) is 0 Å². The van der Waals surface area contributed by atoms with Crippen LogP contribution in [0.3, 0.4) is 0 Å². The van der Waals surface area contributed by atoms with Crippen molar-refractivity contribution in [3.05, 3.63) is 47.1 Å². The minimum atomic E-state index is 0.292. The third-order valence-electron chi connectivity index (χ3n) is 3.76. The van der Waals surface area contributed by atoms with Crippen molar-refractivity contribution in [2.45, 2.75) is 38.0 Å². The molecule has 3 rings (SSSR count). The van der Waals surface area contributed by atoms with Crippen LogP contribution < -0.4 is 5.73 Å². The molecule has 4 nitrogen and oxygen atoms in total. The summed E-state index contributed by atoms with van der Waals surface area (Å²) in [5, 5.41) is 4.16. The molecule has 1 aromatic heterocycles. The molecule has 1 aromatic carbocycles.